The molecule has 2 heterocycles. The van der Waals surface area contributed by atoms with Crippen LogP contribution in [0.3, 0.4) is 0 Å². The minimum atomic E-state index is -0.752. The number of hydrogen-bond donors (Lipinski definition) is 0. The van der Waals surface area contributed by atoms with Crippen LogP contribution in [-0.2, 0) is 25.5 Å². The number of carbonyl (C=O) groups excluding carboxylic acids is 2. The summed E-state index contributed by atoms with van der Waals surface area (Å²) < 4.78 is 16.9. The number of anilines is 1. The van der Waals surface area contributed by atoms with E-state index in [2.05, 4.69) is 20.8 Å². The van der Waals surface area contributed by atoms with Gasteiger partial charge < -0.3 is 14.2 Å². The molecule has 0 bridgehead atoms. The second kappa shape index (κ2) is 11.1. The van der Waals surface area contributed by atoms with E-state index < -0.39 is 6.04 Å². The van der Waals surface area contributed by atoms with E-state index in [9.17, 15) is 9.59 Å². The number of esters is 1. The van der Waals surface area contributed by atoms with Gasteiger partial charge in [0.1, 0.15) is 17.9 Å². The van der Waals surface area contributed by atoms with Gasteiger partial charge in [0.2, 0.25) is 0 Å². The minimum absolute atomic E-state index is 0.100. The molecule has 0 saturated heterocycles. The van der Waals surface area contributed by atoms with Gasteiger partial charge in [-0.1, -0.05) is 27.2 Å². The van der Waals surface area contributed by atoms with Gasteiger partial charge in [-0.05, 0) is 55.7 Å². The molecule has 1 aromatic carbocycles. The highest BCUT2D eigenvalue weighted by Gasteiger charge is 2.38. The van der Waals surface area contributed by atoms with Gasteiger partial charge >= 0.3 is 5.97 Å². The van der Waals surface area contributed by atoms with Crippen molar-refractivity contribution in [1.82, 2.24) is 4.98 Å². The number of rotatable bonds is 8. The number of fused-ring (bicyclic) bond motifs is 1. The van der Waals surface area contributed by atoms with Crippen molar-refractivity contribution >= 4 is 28.9 Å². The van der Waals surface area contributed by atoms with Crippen LogP contribution in [-0.4, -0.2) is 49.3 Å². The number of carbonyl (C=O) groups is 2. The van der Waals surface area contributed by atoms with Crippen LogP contribution in [0.25, 0.3) is 11.3 Å². The van der Waals surface area contributed by atoms with Crippen LogP contribution in [0.2, 0.25) is 0 Å². The van der Waals surface area contributed by atoms with Gasteiger partial charge in [-0.15, -0.1) is 11.3 Å². The van der Waals surface area contributed by atoms with Crippen molar-refractivity contribution in [3.8, 4) is 17.0 Å². The van der Waals surface area contributed by atoms with Gasteiger partial charge in [0.05, 0.1) is 23.0 Å². The highest BCUT2D eigenvalue weighted by atomic mass is 32.1. The molecule has 0 N–H and O–H groups in total. The minimum Gasteiger partial charge on any atom is -0.482 e. The zero-order valence-electron chi connectivity index (χ0n) is 21.3. The number of aromatic nitrogens is 1. The number of ether oxygens (including phenoxy) is 3. The molecule has 0 radical (unpaired) electrons. The van der Waals surface area contributed by atoms with E-state index in [1.54, 1.807) is 25.4 Å². The number of thiazole rings is 1. The molecule has 8 heteroatoms. The Bertz CT molecular complexity index is 1050. The molecule has 7 nitrogen and oxygen atoms in total. The van der Waals surface area contributed by atoms with Gasteiger partial charge in [0, 0.05) is 24.5 Å². The average Bonchev–Trinajstić information content (AvgIpc) is 3.30. The first-order valence-corrected chi connectivity index (χ1v) is 13.4. The molecule has 1 aromatic heterocycles. The number of nitrogens with zero attached hydrogens (tertiary/aromatic N) is 2. The van der Waals surface area contributed by atoms with Crippen LogP contribution in [0.1, 0.15) is 52.0 Å². The standard InChI is InChI=1S/C27H36N2O5S/c1-16(2)20-8-6-17(3)12-24(20)34-27(31)18(4)29-22-13-19(7-9-23(22)33-14-26(29)30)21-15-35-25(28-21)10-11-32-5/h7,9,13,15-18,20,24H,6,8,10-12,14H2,1-5H3. The second-order valence-electron chi connectivity index (χ2n) is 10.1. The zero-order valence-corrected chi connectivity index (χ0v) is 22.1. The van der Waals surface area contributed by atoms with Gasteiger partial charge in [-0.3, -0.25) is 9.69 Å². The van der Waals surface area contributed by atoms with E-state index in [0.717, 1.165) is 41.9 Å². The third-order valence-corrected chi connectivity index (χ3v) is 8.07. The predicted octanol–water partition coefficient (Wildman–Crippen LogP) is 5.12. The molecule has 1 fully saturated rings. The summed E-state index contributed by atoms with van der Waals surface area (Å²) in [5, 5.41) is 2.98. The molecule has 1 aliphatic heterocycles. The van der Waals surface area contributed by atoms with Crippen molar-refractivity contribution < 1.29 is 23.8 Å². The first-order valence-electron chi connectivity index (χ1n) is 12.5. The maximum absolute atomic E-state index is 13.3. The largest absolute Gasteiger partial charge is 0.482 e. The molecule has 4 unspecified atom stereocenters. The van der Waals surface area contributed by atoms with E-state index in [4.69, 9.17) is 19.2 Å². The lowest BCUT2D eigenvalue weighted by Gasteiger charge is -2.38. The third-order valence-electron chi connectivity index (χ3n) is 7.16. The first kappa shape index (κ1) is 25.6. The van der Waals surface area contributed by atoms with Crippen molar-refractivity contribution in [2.45, 2.75) is 65.5 Å². The lowest BCUT2D eigenvalue weighted by atomic mass is 9.75. The molecule has 190 valence electrons. The molecule has 0 spiro atoms. The predicted molar refractivity (Wildman–Crippen MR) is 137 cm³/mol. The summed E-state index contributed by atoms with van der Waals surface area (Å²) in [6.45, 7) is 8.84. The van der Waals surface area contributed by atoms with Crippen LogP contribution in [0.4, 0.5) is 5.69 Å². The summed E-state index contributed by atoms with van der Waals surface area (Å²) in [4.78, 5) is 32.5. The van der Waals surface area contributed by atoms with Crippen molar-refractivity contribution in [2.24, 2.45) is 17.8 Å². The molecule has 35 heavy (non-hydrogen) atoms. The van der Waals surface area contributed by atoms with Gasteiger partial charge in [0.15, 0.2) is 6.61 Å². The topological polar surface area (TPSA) is 78.0 Å². The fourth-order valence-electron chi connectivity index (χ4n) is 5.11. The molecule has 4 atom stereocenters. The molecular weight excluding hydrogens is 464 g/mol. The van der Waals surface area contributed by atoms with E-state index in [1.807, 2.05) is 23.6 Å². The van der Waals surface area contributed by atoms with Crippen molar-refractivity contribution in [3.63, 3.8) is 0 Å². The van der Waals surface area contributed by atoms with Gasteiger partial charge in [0.25, 0.3) is 5.91 Å². The maximum atomic E-state index is 13.3. The normalized spacial score (nSPS) is 23.1. The van der Waals surface area contributed by atoms with Gasteiger partial charge in [-0.2, -0.15) is 0 Å². The Kier molecular flexibility index (Phi) is 8.12. The summed E-state index contributed by atoms with van der Waals surface area (Å²) in [7, 11) is 1.67. The van der Waals surface area contributed by atoms with Crippen LogP contribution in [0, 0.1) is 17.8 Å². The molecule has 2 aromatic rings. The Morgan fingerprint density at radius 3 is 2.83 bits per heavy atom. The number of hydrogen-bond acceptors (Lipinski definition) is 7. The summed E-state index contributed by atoms with van der Waals surface area (Å²) >= 11 is 1.58. The lowest BCUT2D eigenvalue weighted by Crippen LogP contribution is -2.50. The average molecular weight is 501 g/mol. The Hall–Kier alpha value is -2.45. The summed E-state index contributed by atoms with van der Waals surface area (Å²) in [6, 6.07) is 4.90. The van der Waals surface area contributed by atoms with Crippen LogP contribution in [0.5, 0.6) is 5.75 Å². The summed E-state index contributed by atoms with van der Waals surface area (Å²) in [6.07, 6.45) is 3.73. The third kappa shape index (κ3) is 5.70. The second-order valence-corrected chi connectivity index (χ2v) is 11.0. The maximum Gasteiger partial charge on any atom is 0.329 e. The SMILES string of the molecule is COCCc1nc(-c2ccc3c(c2)N(C(C)C(=O)OC2CC(C)CCC2C(C)C)C(=O)CO3)cs1. The lowest BCUT2D eigenvalue weighted by molar-refractivity contribution is -0.158. The highest BCUT2D eigenvalue weighted by molar-refractivity contribution is 7.09. The Morgan fingerprint density at radius 2 is 2.09 bits per heavy atom. The Balaban J connectivity index is 1.56. The van der Waals surface area contributed by atoms with Crippen molar-refractivity contribution in [3.05, 3.63) is 28.6 Å². The van der Waals surface area contributed by atoms with E-state index in [1.165, 1.54) is 4.90 Å². The first-order chi connectivity index (χ1) is 16.8. The molecule has 1 aliphatic carbocycles. The highest BCUT2D eigenvalue weighted by Crippen LogP contribution is 2.39. The van der Waals surface area contributed by atoms with Crippen molar-refractivity contribution in [2.75, 3.05) is 25.2 Å². The molecule has 1 saturated carbocycles. The van der Waals surface area contributed by atoms with E-state index >= 15 is 0 Å². The van der Waals surface area contributed by atoms with E-state index in [0.29, 0.717) is 35.8 Å². The quantitative estimate of drug-likeness (QED) is 0.469. The van der Waals surface area contributed by atoms with Crippen molar-refractivity contribution in [1.29, 1.82) is 0 Å². The van der Waals surface area contributed by atoms with Crippen LogP contribution in [0.15, 0.2) is 23.6 Å². The summed E-state index contributed by atoms with van der Waals surface area (Å²) in [5.41, 5.74) is 2.27. The summed E-state index contributed by atoms with van der Waals surface area (Å²) in [5.74, 6) is 1.27. The molecular formula is C27H36N2O5S. The van der Waals surface area contributed by atoms with E-state index in [-0.39, 0.29) is 24.6 Å². The monoisotopic (exact) mass is 500 g/mol. The Morgan fingerprint density at radius 1 is 1.29 bits per heavy atom. The molecule has 4 rings (SSSR count). The fourth-order valence-corrected chi connectivity index (χ4v) is 5.89. The smallest absolute Gasteiger partial charge is 0.329 e. The molecule has 2 aliphatic rings. The fraction of sp³-hybridized carbons (Fsp3) is 0.593. The number of benzene rings is 1. The molecule has 1 amide bonds. The Labute approximate surface area is 211 Å². The number of methoxy groups -OCH3 is 1. The number of amides is 1. The van der Waals surface area contributed by atoms with Gasteiger partial charge in [-0.25, -0.2) is 9.78 Å². The van der Waals surface area contributed by atoms with Crippen LogP contribution >= 0.6 is 11.3 Å². The van der Waals surface area contributed by atoms with Crippen LogP contribution < -0.4 is 9.64 Å². The zero-order chi connectivity index (χ0) is 25.1.